The smallest absolute Gasteiger partial charge is 0.328 e. The molecule has 0 saturated heterocycles. The fourth-order valence-electron chi connectivity index (χ4n) is 4.03. The van der Waals surface area contributed by atoms with E-state index in [0.29, 0.717) is 18.2 Å². The molecular formula is C19H22N2O4. The van der Waals surface area contributed by atoms with Crippen molar-refractivity contribution in [1.29, 1.82) is 0 Å². The first kappa shape index (κ1) is 17.2. The number of carboxylic acids is 2. The first-order chi connectivity index (χ1) is 12.1. The van der Waals surface area contributed by atoms with E-state index >= 15 is 0 Å². The van der Waals surface area contributed by atoms with Crippen LogP contribution in [0.25, 0.3) is 0 Å². The zero-order valence-corrected chi connectivity index (χ0v) is 13.8. The Labute approximate surface area is 146 Å². The molecule has 0 bridgehead atoms. The minimum absolute atomic E-state index is 0.558. The number of hydrogen-bond donors (Lipinski definition) is 3. The van der Waals surface area contributed by atoms with Crippen LogP contribution in [-0.2, 0) is 16.0 Å². The number of carboxylic acid groups (broad SMARTS) is 2. The van der Waals surface area contributed by atoms with Gasteiger partial charge >= 0.3 is 11.9 Å². The third-order valence-corrected chi connectivity index (χ3v) is 5.15. The van der Waals surface area contributed by atoms with Crippen molar-refractivity contribution in [3.63, 3.8) is 0 Å². The second-order valence-corrected chi connectivity index (χ2v) is 6.69. The Morgan fingerprint density at radius 2 is 1.92 bits per heavy atom. The Morgan fingerprint density at radius 1 is 1.20 bits per heavy atom. The summed E-state index contributed by atoms with van der Waals surface area (Å²) < 4.78 is 0. The lowest BCUT2D eigenvalue weighted by molar-refractivity contribution is -0.134. The van der Waals surface area contributed by atoms with E-state index in [1.807, 2.05) is 6.34 Å². The molecule has 3 aliphatic rings. The van der Waals surface area contributed by atoms with Crippen LogP contribution in [0, 0.1) is 11.8 Å². The van der Waals surface area contributed by atoms with Gasteiger partial charge in [-0.25, -0.2) is 9.59 Å². The van der Waals surface area contributed by atoms with E-state index in [1.165, 1.54) is 19.3 Å². The zero-order chi connectivity index (χ0) is 17.8. The first-order valence-corrected chi connectivity index (χ1v) is 8.52. The number of benzene rings is 1. The van der Waals surface area contributed by atoms with Crippen molar-refractivity contribution < 1.29 is 19.8 Å². The van der Waals surface area contributed by atoms with E-state index in [9.17, 15) is 9.59 Å². The van der Waals surface area contributed by atoms with Crippen molar-refractivity contribution in [2.45, 2.75) is 31.2 Å². The van der Waals surface area contributed by atoms with Crippen molar-refractivity contribution in [3.05, 3.63) is 47.5 Å². The van der Waals surface area contributed by atoms with Crippen molar-refractivity contribution in [2.75, 3.05) is 6.54 Å². The molecule has 25 heavy (non-hydrogen) atoms. The molecule has 0 aromatic heterocycles. The highest BCUT2D eigenvalue weighted by molar-refractivity contribution is 5.89. The van der Waals surface area contributed by atoms with E-state index in [-0.39, 0.29) is 0 Å². The molecule has 1 aromatic rings. The molecule has 1 aromatic carbocycles. The van der Waals surface area contributed by atoms with E-state index in [0.717, 1.165) is 24.3 Å². The van der Waals surface area contributed by atoms with Gasteiger partial charge in [-0.1, -0.05) is 24.3 Å². The van der Waals surface area contributed by atoms with Crippen molar-refractivity contribution in [1.82, 2.24) is 5.32 Å². The molecule has 132 valence electrons. The molecule has 1 fully saturated rings. The van der Waals surface area contributed by atoms with Crippen LogP contribution in [0.2, 0.25) is 0 Å². The highest BCUT2D eigenvalue weighted by Gasteiger charge is 2.53. The number of rotatable bonds is 4. The summed E-state index contributed by atoms with van der Waals surface area (Å²) in [4.78, 5) is 23.4. The second-order valence-electron chi connectivity index (χ2n) is 6.69. The van der Waals surface area contributed by atoms with E-state index in [4.69, 9.17) is 10.2 Å². The Morgan fingerprint density at radius 3 is 2.56 bits per heavy atom. The molecule has 1 unspecified atom stereocenters. The second kappa shape index (κ2) is 7.51. The molecule has 4 rings (SSSR count). The van der Waals surface area contributed by atoms with E-state index < -0.39 is 11.9 Å². The van der Waals surface area contributed by atoms with Gasteiger partial charge < -0.3 is 15.5 Å². The minimum atomic E-state index is -1.26. The number of nitrogens with one attached hydrogen (secondary N) is 1. The number of aryl methyl sites for hydroxylation is 1. The molecule has 3 N–H and O–H groups in total. The number of fused-ring (bicyclic) bond motifs is 3. The standard InChI is InChI=1S/C15H18N2.C4H4O4/c1-2-4-12-10(3-1)5-6-13-14(15(12)13)7-11-8-16-9-17-11;5-3(6)1-2-4(7)8/h1-4,9,11,13-15H,5-8H2,(H,16,17);1-2H,(H,5,6)(H,7,8)/b;2-1+/t11-,13+,14?,15+;/m0./s1. The quantitative estimate of drug-likeness (QED) is 0.728. The topological polar surface area (TPSA) is 99.0 Å². The van der Waals surface area contributed by atoms with Gasteiger partial charge in [0.2, 0.25) is 0 Å². The Kier molecular flexibility index (Phi) is 5.16. The summed E-state index contributed by atoms with van der Waals surface area (Å²) in [6.45, 7) is 0.984. The lowest BCUT2D eigenvalue weighted by Crippen LogP contribution is -2.25. The average Bonchev–Trinajstić information content (AvgIpc) is 3.04. The van der Waals surface area contributed by atoms with Gasteiger partial charge in [0.25, 0.3) is 0 Å². The fraction of sp³-hybridized carbons (Fsp3) is 0.421. The minimum Gasteiger partial charge on any atom is -0.478 e. The average molecular weight is 342 g/mol. The van der Waals surface area contributed by atoms with Gasteiger partial charge in [0.1, 0.15) is 0 Å². The van der Waals surface area contributed by atoms with Gasteiger partial charge in [0.05, 0.1) is 12.9 Å². The molecule has 6 heteroatoms. The predicted molar refractivity (Wildman–Crippen MR) is 93.8 cm³/mol. The predicted octanol–water partition coefficient (Wildman–Crippen LogP) is 2.06. The number of carbonyl (C=O) groups is 2. The first-order valence-electron chi connectivity index (χ1n) is 8.52. The molecule has 2 aliphatic carbocycles. The summed E-state index contributed by atoms with van der Waals surface area (Å²) in [6.07, 6.45) is 7.00. The summed E-state index contributed by atoms with van der Waals surface area (Å²) in [5.74, 6) is 0.229. The van der Waals surface area contributed by atoms with Crippen LogP contribution >= 0.6 is 0 Å². The van der Waals surface area contributed by atoms with Crippen LogP contribution in [0.5, 0.6) is 0 Å². The van der Waals surface area contributed by atoms with Crippen molar-refractivity contribution >= 4 is 18.3 Å². The molecule has 0 spiro atoms. The summed E-state index contributed by atoms with van der Waals surface area (Å²) >= 11 is 0. The van der Waals surface area contributed by atoms with Gasteiger partial charge in [-0.05, 0) is 48.1 Å². The zero-order valence-electron chi connectivity index (χ0n) is 13.8. The van der Waals surface area contributed by atoms with Crippen molar-refractivity contribution in [3.8, 4) is 0 Å². The monoisotopic (exact) mass is 342 g/mol. The van der Waals surface area contributed by atoms with Crippen LogP contribution in [0.1, 0.15) is 29.9 Å². The number of hydrogen-bond acceptors (Lipinski definition) is 4. The lowest BCUT2D eigenvalue weighted by Gasteiger charge is -2.13. The fourth-order valence-corrected chi connectivity index (χ4v) is 4.03. The van der Waals surface area contributed by atoms with Gasteiger partial charge in [0, 0.05) is 18.2 Å². The number of aliphatic imine (C=N–C) groups is 1. The van der Waals surface area contributed by atoms with Gasteiger partial charge in [-0.3, -0.25) is 4.99 Å². The Balaban J connectivity index is 0.000000197. The molecule has 0 radical (unpaired) electrons. The third kappa shape index (κ3) is 4.26. The van der Waals surface area contributed by atoms with Crippen LogP contribution in [-0.4, -0.2) is 41.1 Å². The summed E-state index contributed by atoms with van der Waals surface area (Å²) in [5, 5.41) is 19.0. The molecule has 6 nitrogen and oxygen atoms in total. The normalized spacial score (nSPS) is 28.3. The molecular weight excluding hydrogens is 320 g/mol. The maximum atomic E-state index is 9.55. The SMILES string of the molecule is C1=NC[C@H](CC2[C@H]3CCc4ccccc4[C@@H]23)N1.O=C(O)/C=C/C(=O)O. The summed E-state index contributed by atoms with van der Waals surface area (Å²) in [5.41, 5.74) is 3.25. The molecule has 1 heterocycles. The Hall–Kier alpha value is -2.63. The Bertz CT molecular complexity index is 689. The highest BCUT2D eigenvalue weighted by atomic mass is 16.4. The number of aliphatic carboxylic acids is 2. The molecule has 4 atom stereocenters. The van der Waals surface area contributed by atoms with Crippen LogP contribution in [0.3, 0.4) is 0 Å². The van der Waals surface area contributed by atoms with Crippen LogP contribution < -0.4 is 5.32 Å². The maximum absolute atomic E-state index is 9.55. The third-order valence-electron chi connectivity index (χ3n) is 5.15. The van der Waals surface area contributed by atoms with E-state index in [2.05, 4.69) is 34.6 Å². The van der Waals surface area contributed by atoms with Crippen LogP contribution in [0.15, 0.2) is 41.4 Å². The van der Waals surface area contributed by atoms with E-state index in [1.54, 1.807) is 11.1 Å². The lowest BCUT2D eigenvalue weighted by atomic mass is 9.92. The van der Waals surface area contributed by atoms with Crippen LogP contribution in [0.4, 0.5) is 0 Å². The van der Waals surface area contributed by atoms with Gasteiger partial charge in [0.15, 0.2) is 0 Å². The van der Waals surface area contributed by atoms with Crippen molar-refractivity contribution in [2.24, 2.45) is 16.8 Å². The van der Waals surface area contributed by atoms with Gasteiger partial charge in [-0.15, -0.1) is 0 Å². The summed E-state index contributed by atoms with van der Waals surface area (Å²) in [6, 6.07) is 9.66. The van der Waals surface area contributed by atoms with Gasteiger partial charge in [-0.2, -0.15) is 0 Å². The maximum Gasteiger partial charge on any atom is 0.328 e. The molecule has 1 saturated carbocycles. The molecule has 0 amide bonds. The molecule has 1 aliphatic heterocycles. The summed E-state index contributed by atoms with van der Waals surface area (Å²) in [7, 11) is 0. The number of nitrogens with zero attached hydrogens (tertiary/aromatic N) is 1. The highest BCUT2D eigenvalue weighted by Crippen LogP contribution is 2.61. The largest absolute Gasteiger partial charge is 0.478 e.